The predicted octanol–water partition coefficient (Wildman–Crippen LogP) is 10.9. The van der Waals surface area contributed by atoms with Crippen LogP contribution in [0.1, 0.15) is 27.8 Å². The summed E-state index contributed by atoms with van der Waals surface area (Å²) in [6, 6.07) is 60.2. The number of ether oxygens (including phenoxy) is 1. The molecule has 2 aliphatic rings. The SMILES string of the molecule is N#Cc1ccc(-c2ccc3c(c2)C2(c4ccccc4O3)c3ccccc3-c3ccc(-c4nc(-c5ccccc5)nc(-c5ccccc5)n4)cc32)cc1. The number of hydrogen-bond donors (Lipinski definition) is 0. The Bertz CT molecular complexity index is 2660. The van der Waals surface area contributed by atoms with Gasteiger partial charge >= 0.3 is 0 Å². The molecule has 0 fully saturated rings. The van der Waals surface area contributed by atoms with Gasteiger partial charge in [0, 0.05) is 27.8 Å². The monoisotopic (exact) mass is 664 g/mol. The maximum absolute atomic E-state index is 9.45. The number of aromatic nitrogens is 3. The van der Waals surface area contributed by atoms with Gasteiger partial charge in [-0.2, -0.15) is 5.26 Å². The highest BCUT2D eigenvalue weighted by Gasteiger charge is 2.51. The first-order chi connectivity index (χ1) is 25.7. The lowest BCUT2D eigenvalue weighted by atomic mass is 9.65. The fourth-order valence-corrected chi connectivity index (χ4v) is 7.89. The zero-order valence-electron chi connectivity index (χ0n) is 27.9. The van der Waals surface area contributed by atoms with Crippen molar-refractivity contribution in [1.29, 1.82) is 5.26 Å². The highest BCUT2D eigenvalue weighted by Crippen LogP contribution is 2.62. The van der Waals surface area contributed by atoms with Crippen LogP contribution in [0.4, 0.5) is 0 Å². The zero-order chi connectivity index (χ0) is 34.6. The van der Waals surface area contributed by atoms with Gasteiger partial charge in [-0.25, -0.2) is 15.0 Å². The molecule has 5 heteroatoms. The second-order valence-corrected chi connectivity index (χ2v) is 13.1. The summed E-state index contributed by atoms with van der Waals surface area (Å²) in [5.74, 6) is 3.48. The fourth-order valence-electron chi connectivity index (χ4n) is 7.89. The minimum Gasteiger partial charge on any atom is -0.457 e. The molecule has 0 N–H and O–H groups in total. The molecular formula is C47H28N4O. The Morgan fingerprint density at radius 2 is 0.923 bits per heavy atom. The van der Waals surface area contributed by atoms with Gasteiger partial charge < -0.3 is 4.74 Å². The van der Waals surface area contributed by atoms with Crippen molar-refractivity contribution in [2.24, 2.45) is 0 Å². The summed E-state index contributed by atoms with van der Waals surface area (Å²) >= 11 is 0. The molecule has 5 nitrogen and oxygen atoms in total. The van der Waals surface area contributed by atoms with Crippen LogP contribution in [0.15, 0.2) is 170 Å². The van der Waals surface area contributed by atoms with E-state index in [2.05, 4.69) is 84.9 Å². The van der Waals surface area contributed by atoms with Crippen LogP contribution < -0.4 is 4.74 Å². The van der Waals surface area contributed by atoms with E-state index in [0.29, 0.717) is 23.0 Å². The van der Waals surface area contributed by atoms with Crippen molar-refractivity contribution in [1.82, 2.24) is 15.0 Å². The maximum Gasteiger partial charge on any atom is 0.164 e. The van der Waals surface area contributed by atoms with Gasteiger partial charge in [0.15, 0.2) is 17.5 Å². The van der Waals surface area contributed by atoms with Crippen LogP contribution in [-0.4, -0.2) is 15.0 Å². The van der Waals surface area contributed by atoms with E-state index < -0.39 is 5.41 Å². The first kappa shape index (κ1) is 29.7. The molecule has 1 aliphatic carbocycles. The Morgan fingerprint density at radius 3 is 1.62 bits per heavy atom. The first-order valence-corrected chi connectivity index (χ1v) is 17.2. The van der Waals surface area contributed by atoms with Crippen molar-refractivity contribution < 1.29 is 4.74 Å². The molecule has 1 atom stereocenters. The lowest BCUT2D eigenvalue weighted by Gasteiger charge is -2.39. The van der Waals surface area contributed by atoms with Crippen LogP contribution in [0.5, 0.6) is 11.5 Å². The van der Waals surface area contributed by atoms with Crippen LogP contribution in [0.2, 0.25) is 0 Å². The van der Waals surface area contributed by atoms with E-state index in [1.54, 1.807) is 0 Å². The number of rotatable bonds is 4. The molecule has 0 amide bonds. The fraction of sp³-hybridized carbons (Fsp3) is 0.0213. The molecule has 0 radical (unpaired) electrons. The molecule has 1 aliphatic heterocycles. The third kappa shape index (κ3) is 4.52. The number of nitrogens with zero attached hydrogens (tertiary/aromatic N) is 4. The lowest BCUT2D eigenvalue weighted by molar-refractivity contribution is 0.436. The van der Waals surface area contributed by atoms with Crippen molar-refractivity contribution in [3.05, 3.63) is 198 Å². The van der Waals surface area contributed by atoms with Crippen LogP contribution in [0.25, 0.3) is 56.4 Å². The van der Waals surface area contributed by atoms with Crippen LogP contribution in [0, 0.1) is 11.3 Å². The van der Waals surface area contributed by atoms with E-state index in [0.717, 1.165) is 61.6 Å². The van der Waals surface area contributed by atoms with Crippen molar-refractivity contribution in [2.45, 2.75) is 5.41 Å². The highest BCUT2D eigenvalue weighted by molar-refractivity contribution is 5.90. The largest absolute Gasteiger partial charge is 0.457 e. The Morgan fingerprint density at radius 1 is 0.404 bits per heavy atom. The molecule has 242 valence electrons. The molecule has 8 aromatic rings. The summed E-state index contributed by atoms with van der Waals surface area (Å²) in [4.78, 5) is 15.1. The van der Waals surface area contributed by atoms with Gasteiger partial charge in [0.1, 0.15) is 11.5 Å². The average molecular weight is 665 g/mol. The van der Waals surface area contributed by atoms with E-state index in [1.165, 1.54) is 11.1 Å². The number of benzene rings is 7. The van der Waals surface area contributed by atoms with Crippen molar-refractivity contribution in [3.8, 4) is 74.0 Å². The zero-order valence-corrected chi connectivity index (χ0v) is 27.9. The maximum atomic E-state index is 9.45. The molecule has 52 heavy (non-hydrogen) atoms. The van der Waals surface area contributed by atoms with Gasteiger partial charge in [0.05, 0.1) is 17.0 Å². The number of nitriles is 1. The Kier molecular flexibility index (Phi) is 6.70. The third-order valence-corrected chi connectivity index (χ3v) is 10.2. The van der Waals surface area contributed by atoms with Gasteiger partial charge in [0.2, 0.25) is 0 Å². The minimum absolute atomic E-state index is 0.605. The van der Waals surface area contributed by atoms with E-state index in [-0.39, 0.29) is 0 Å². The second-order valence-electron chi connectivity index (χ2n) is 13.1. The van der Waals surface area contributed by atoms with Gasteiger partial charge in [-0.3, -0.25) is 0 Å². The van der Waals surface area contributed by atoms with Crippen LogP contribution >= 0.6 is 0 Å². The summed E-state index contributed by atoms with van der Waals surface area (Å²) in [6.07, 6.45) is 0. The smallest absolute Gasteiger partial charge is 0.164 e. The topological polar surface area (TPSA) is 71.7 Å². The second kappa shape index (κ2) is 11.7. The molecule has 10 rings (SSSR count). The lowest BCUT2D eigenvalue weighted by Crippen LogP contribution is -2.32. The van der Waals surface area contributed by atoms with Gasteiger partial charge in [0.25, 0.3) is 0 Å². The molecule has 0 saturated carbocycles. The van der Waals surface area contributed by atoms with Crippen LogP contribution in [-0.2, 0) is 5.41 Å². The molecule has 1 unspecified atom stereocenters. The Hall–Kier alpha value is -7.16. The first-order valence-electron chi connectivity index (χ1n) is 17.2. The van der Waals surface area contributed by atoms with Crippen molar-refractivity contribution in [3.63, 3.8) is 0 Å². The predicted molar refractivity (Wildman–Crippen MR) is 204 cm³/mol. The van der Waals surface area contributed by atoms with E-state index in [4.69, 9.17) is 19.7 Å². The van der Waals surface area contributed by atoms with E-state index in [9.17, 15) is 5.26 Å². The summed E-state index contributed by atoms with van der Waals surface area (Å²) < 4.78 is 6.69. The molecule has 0 saturated heterocycles. The van der Waals surface area contributed by atoms with Crippen molar-refractivity contribution in [2.75, 3.05) is 0 Å². The molecule has 7 aromatic carbocycles. The number of fused-ring (bicyclic) bond motifs is 9. The van der Waals surface area contributed by atoms with E-state index >= 15 is 0 Å². The van der Waals surface area contributed by atoms with Gasteiger partial charge in [-0.05, 0) is 69.8 Å². The van der Waals surface area contributed by atoms with E-state index in [1.807, 2.05) is 91.0 Å². The van der Waals surface area contributed by atoms with Gasteiger partial charge in [-0.1, -0.05) is 133 Å². The third-order valence-electron chi connectivity index (χ3n) is 10.2. The molecule has 1 aromatic heterocycles. The Balaban J connectivity index is 1.24. The normalized spacial score (nSPS) is 14.8. The summed E-state index contributed by atoms with van der Waals surface area (Å²) in [6.45, 7) is 0. The summed E-state index contributed by atoms with van der Waals surface area (Å²) in [5.41, 5.74) is 11.6. The standard InChI is InChI=1S/C47H28N4O/c48-29-30-19-21-31(22-20-30)34-24-26-43-41(27-34)47(39-17-9-10-18-42(39)52-43)38-16-8-7-15-36(38)37-25-23-35(28-40(37)47)46-50-44(32-11-3-1-4-12-32)49-45(51-46)33-13-5-2-6-14-33/h1-28H. The molecule has 2 heterocycles. The molecular weight excluding hydrogens is 637 g/mol. The van der Waals surface area contributed by atoms with Crippen LogP contribution in [0.3, 0.4) is 0 Å². The van der Waals surface area contributed by atoms with Crippen molar-refractivity contribution >= 4 is 0 Å². The Labute approximate surface area is 301 Å². The number of hydrogen-bond acceptors (Lipinski definition) is 5. The highest BCUT2D eigenvalue weighted by atomic mass is 16.5. The summed E-state index contributed by atoms with van der Waals surface area (Å²) in [5, 5.41) is 9.45. The average Bonchev–Trinajstić information content (AvgIpc) is 3.51. The molecule has 0 bridgehead atoms. The minimum atomic E-state index is -0.688. The quantitative estimate of drug-likeness (QED) is 0.187. The number of para-hydroxylation sites is 1. The van der Waals surface area contributed by atoms with Gasteiger partial charge in [-0.15, -0.1) is 0 Å². The summed E-state index contributed by atoms with van der Waals surface area (Å²) in [7, 11) is 0. The molecule has 1 spiro atoms.